The third-order valence-corrected chi connectivity index (χ3v) is 6.89. The van der Waals surface area contributed by atoms with Crippen LogP contribution in [0.1, 0.15) is 30.4 Å². The number of nitrogens with one attached hydrogen (secondary N) is 1. The fourth-order valence-corrected chi connectivity index (χ4v) is 4.94. The van der Waals surface area contributed by atoms with E-state index in [2.05, 4.69) is 33.5 Å². The van der Waals surface area contributed by atoms with Crippen molar-refractivity contribution in [2.45, 2.75) is 31.2 Å². The molecule has 1 fully saturated rings. The molecule has 37 heavy (non-hydrogen) atoms. The SMILES string of the molecule is Nc1nc(NCc2ccc3c(c2)C2(CCCOCCOCCOCC2)CO3)cc(-c2cccc(O)c2)n1. The molecule has 2 aliphatic heterocycles. The van der Waals surface area contributed by atoms with Crippen molar-refractivity contribution in [3.8, 4) is 22.8 Å². The molecule has 3 heterocycles. The number of aromatic hydroxyl groups is 1. The van der Waals surface area contributed by atoms with Crippen LogP contribution in [0, 0.1) is 0 Å². The highest BCUT2D eigenvalue weighted by molar-refractivity contribution is 5.65. The van der Waals surface area contributed by atoms with Crippen molar-refractivity contribution in [3.63, 3.8) is 0 Å². The van der Waals surface area contributed by atoms with Gasteiger partial charge in [0.15, 0.2) is 0 Å². The Hall–Kier alpha value is -3.40. The number of benzene rings is 2. The first-order valence-corrected chi connectivity index (χ1v) is 12.8. The summed E-state index contributed by atoms with van der Waals surface area (Å²) < 4.78 is 23.3. The van der Waals surface area contributed by atoms with Crippen molar-refractivity contribution in [1.82, 2.24) is 9.97 Å². The van der Waals surface area contributed by atoms with Gasteiger partial charge < -0.3 is 35.1 Å². The number of aromatic nitrogens is 2. The maximum absolute atomic E-state index is 9.83. The van der Waals surface area contributed by atoms with Crippen LogP contribution in [0.15, 0.2) is 48.5 Å². The van der Waals surface area contributed by atoms with Crippen LogP contribution in [0.3, 0.4) is 0 Å². The Labute approximate surface area is 216 Å². The van der Waals surface area contributed by atoms with E-state index in [9.17, 15) is 5.11 Å². The molecular formula is C28H34N4O5. The zero-order valence-electron chi connectivity index (χ0n) is 20.9. The van der Waals surface area contributed by atoms with Crippen molar-refractivity contribution in [2.75, 3.05) is 57.3 Å². The summed E-state index contributed by atoms with van der Waals surface area (Å²) in [5.41, 5.74) is 9.63. The highest BCUT2D eigenvalue weighted by Gasteiger charge is 2.40. The topological polar surface area (TPSA) is 121 Å². The number of phenols is 1. The molecule has 0 saturated carbocycles. The maximum atomic E-state index is 9.83. The van der Waals surface area contributed by atoms with Crippen molar-refractivity contribution >= 4 is 11.8 Å². The second kappa shape index (κ2) is 11.8. The van der Waals surface area contributed by atoms with Gasteiger partial charge in [0.1, 0.15) is 17.3 Å². The molecule has 4 N–H and O–H groups in total. The first-order valence-electron chi connectivity index (χ1n) is 12.8. The van der Waals surface area contributed by atoms with Gasteiger partial charge in [0.2, 0.25) is 5.95 Å². The summed E-state index contributed by atoms with van der Waals surface area (Å²) in [6.45, 7) is 4.96. The normalized spacial score (nSPS) is 20.8. The minimum atomic E-state index is -0.106. The van der Waals surface area contributed by atoms with Crippen LogP contribution in [0.25, 0.3) is 11.3 Å². The van der Waals surface area contributed by atoms with E-state index in [1.54, 1.807) is 18.2 Å². The monoisotopic (exact) mass is 506 g/mol. The number of fused-ring (bicyclic) bond motifs is 2. The molecule has 2 aromatic carbocycles. The van der Waals surface area contributed by atoms with E-state index < -0.39 is 0 Å². The molecule has 0 amide bonds. The summed E-state index contributed by atoms with van der Waals surface area (Å²) in [7, 11) is 0. The largest absolute Gasteiger partial charge is 0.508 e. The Balaban J connectivity index is 1.32. The zero-order chi connectivity index (χ0) is 25.5. The number of anilines is 2. The summed E-state index contributed by atoms with van der Waals surface area (Å²) in [6.07, 6.45) is 2.80. The number of ether oxygens (including phenoxy) is 4. The number of nitrogens with two attached hydrogens (primary N) is 1. The second-order valence-electron chi connectivity index (χ2n) is 9.49. The van der Waals surface area contributed by atoms with Gasteiger partial charge in [-0.2, -0.15) is 4.98 Å². The zero-order valence-corrected chi connectivity index (χ0v) is 20.9. The Bertz CT molecular complexity index is 1190. The van der Waals surface area contributed by atoms with E-state index in [0.29, 0.717) is 64.3 Å². The summed E-state index contributed by atoms with van der Waals surface area (Å²) in [5.74, 6) is 1.90. The first kappa shape index (κ1) is 25.3. The lowest BCUT2D eigenvalue weighted by Gasteiger charge is -2.28. The predicted molar refractivity (Wildman–Crippen MR) is 141 cm³/mol. The lowest BCUT2D eigenvalue weighted by Crippen LogP contribution is -2.30. The predicted octanol–water partition coefficient (Wildman–Crippen LogP) is 3.91. The van der Waals surface area contributed by atoms with Gasteiger partial charge in [-0.15, -0.1) is 0 Å². The Kier molecular flexibility index (Phi) is 8.03. The van der Waals surface area contributed by atoms with E-state index in [1.807, 2.05) is 12.1 Å². The van der Waals surface area contributed by atoms with E-state index in [0.717, 1.165) is 36.1 Å². The summed E-state index contributed by atoms with van der Waals surface area (Å²) in [4.78, 5) is 8.67. The number of hydrogen-bond acceptors (Lipinski definition) is 9. The number of hydrogen-bond donors (Lipinski definition) is 3. The van der Waals surface area contributed by atoms with Gasteiger partial charge in [0, 0.05) is 42.4 Å². The fourth-order valence-electron chi connectivity index (χ4n) is 4.94. The third-order valence-electron chi connectivity index (χ3n) is 6.89. The lowest BCUT2D eigenvalue weighted by molar-refractivity contribution is 0.0154. The minimum Gasteiger partial charge on any atom is -0.508 e. The van der Waals surface area contributed by atoms with Gasteiger partial charge in [0.05, 0.1) is 38.7 Å². The van der Waals surface area contributed by atoms with Crippen LogP contribution in [-0.2, 0) is 26.2 Å². The van der Waals surface area contributed by atoms with Gasteiger partial charge >= 0.3 is 0 Å². The quantitative estimate of drug-likeness (QED) is 0.484. The van der Waals surface area contributed by atoms with Crippen LogP contribution < -0.4 is 15.8 Å². The van der Waals surface area contributed by atoms with E-state index >= 15 is 0 Å². The van der Waals surface area contributed by atoms with E-state index in [4.69, 9.17) is 24.7 Å². The van der Waals surface area contributed by atoms with Gasteiger partial charge in [-0.1, -0.05) is 18.2 Å². The molecule has 196 valence electrons. The Morgan fingerprint density at radius 1 is 0.892 bits per heavy atom. The van der Waals surface area contributed by atoms with Crippen molar-refractivity contribution in [2.24, 2.45) is 0 Å². The lowest BCUT2D eigenvalue weighted by atomic mass is 9.75. The third kappa shape index (κ3) is 6.30. The van der Waals surface area contributed by atoms with Crippen molar-refractivity contribution in [3.05, 3.63) is 59.7 Å². The molecule has 2 aliphatic rings. The van der Waals surface area contributed by atoms with Crippen LogP contribution in [0.5, 0.6) is 11.5 Å². The van der Waals surface area contributed by atoms with Crippen LogP contribution in [0.2, 0.25) is 0 Å². The molecule has 9 nitrogen and oxygen atoms in total. The number of rotatable bonds is 4. The smallest absolute Gasteiger partial charge is 0.222 e. The van der Waals surface area contributed by atoms with Crippen LogP contribution in [-0.4, -0.2) is 61.3 Å². The number of phenolic OH excluding ortho intramolecular Hbond substituents is 1. The average molecular weight is 507 g/mol. The van der Waals surface area contributed by atoms with E-state index in [-0.39, 0.29) is 17.1 Å². The molecule has 0 bridgehead atoms. The van der Waals surface area contributed by atoms with Gasteiger partial charge in [0.25, 0.3) is 0 Å². The molecular weight excluding hydrogens is 472 g/mol. The highest BCUT2D eigenvalue weighted by Crippen LogP contribution is 2.45. The number of nitrogen functional groups attached to an aromatic ring is 1. The van der Waals surface area contributed by atoms with Crippen LogP contribution >= 0.6 is 0 Å². The molecule has 3 aromatic rings. The summed E-state index contributed by atoms with van der Waals surface area (Å²) in [6, 6.07) is 15.1. The van der Waals surface area contributed by atoms with Crippen molar-refractivity contribution in [1.29, 1.82) is 0 Å². The fraction of sp³-hybridized carbons (Fsp3) is 0.429. The van der Waals surface area contributed by atoms with Gasteiger partial charge in [-0.3, -0.25) is 0 Å². The average Bonchev–Trinajstić information content (AvgIpc) is 3.26. The second-order valence-corrected chi connectivity index (χ2v) is 9.49. The van der Waals surface area contributed by atoms with E-state index in [1.165, 1.54) is 5.56 Å². The molecule has 0 aliphatic carbocycles. The molecule has 5 rings (SSSR count). The van der Waals surface area contributed by atoms with Gasteiger partial charge in [-0.25, -0.2) is 4.98 Å². The molecule has 1 unspecified atom stereocenters. The molecule has 1 aromatic heterocycles. The summed E-state index contributed by atoms with van der Waals surface area (Å²) in [5, 5.41) is 13.2. The van der Waals surface area contributed by atoms with Crippen LogP contribution in [0.4, 0.5) is 11.8 Å². The molecule has 1 spiro atoms. The first-order chi connectivity index (χ1) is 18.1. The standard InChI is InChI=1S/C28H34N4O5/c29-27-31-24(21-3-1-4-22(33)16-21)17-26(32-27)30-18-20-5-6-25-23(15-20)28(19-37-25)7-2-9-34-11-13-36-14-12-35-10-8-28/h1,3-6,15-17,33H,2,7-14,18-19H2,(H3,29,30,31,32). The Morgan fingerprint density at radius 2 is 1.70 bits per heavy atom. The summed E-state index contributed by atoms with van der Waals surface area (Å²) >= 11 is 0. The highest BCUT2D eigenvalue weighted by atomic mass is 16.5. The Morgan fingerprint density at radius 3 is 2.54 bits per heavy atom. The molecule has 0 radical (unpaired) electrons. The van der Waals surface area contributed by atoms with Gasteiger partial charge in [-0.05, 0) is 49.1 Å². The molecule has 9 heteroatoms. The number of nitrogens with zero attached hydrogens (tertiary/aromatic N) is 2. The molecule has 1 saturated heterocycles. The molecule has 1 atom stereocenters. The van der Waals surface area contributed by atoms with Crippen molar-refractivity contribution < 1.29 is 24.1 Å². The maximum Gasteiger partial charge on any atom is 0.222 e. The minimum absolute atomic E-state index is 0.106.